The van der Waals surface area contributed by atoms with Crippen molar-refractivity contribution in [1.82, 2.24) is 4.90 Å². The predicted octanol–water partition coefficient (Wildman–Crippen LogP) is 1.79. The highest BCUT2D eigenvalue weighted by Crippen LogP contribution is 2.30. The Bertz CT molecular complexity index is 506. The van der Waals surface area contributed by atoms with Gasteiger partial charge in [-0.15, -0.1) is 0 Å². The standard InChI is InChI=1S/C15H18N2O3/c1-19-12-6-4-11(5-7-12)14-13(16-10-20-14)15(18)17-8-2-3-9-17/h4-7,10,13-14H,2-3,8-9H2,1H3. The molecule has 2 heterocycles. The quantitative estimate of drug-likeness (QED) is 0.844. The molecule has 20 heavy (non-hydrogen) atoms. The maximum Gasteiger partial charge on any atom is 0.251 e. The number of aliphatic imine (C=N–C) groups is 1. The number of carbonyl (C=O) groups is 1. The Morgan fingerprint density at radius 3 is 2.65 bits per heavy atom. The molecule has 2 atom stereocenters. The van der Waals surface area contributed by atoms with Crippen molar-refractivity contribution in [2.45, 2.75) is 25.0 Å². The molecule has 5 heteroatoms. The summed E-state index contributed by atoms with van der Waals surface area (Å²) in [4.78, 5) is 18.6. The van der Waals surface area contributed by atoms with E-state index in [2.05, 4.69) is 4.99 Å². The second-order valence-electron chi connectivity index (χ2n) is 5.06. The van der Waals surface area contributed by atoms with Crippen LogP contribution in [-0.4, -0.2) is 43.4 Å². The molecule has 0 aromatic heterocycles. The first-order chi connectivity index (χ1) is 9.79. The average molecular weight is 274 g/mol. The third kappa shape index (κ3) is 2.35. The Morgan fingerprint density at radius 2 is 2.00 bits per heavy atom. The fraction of sp³-hybridized carbons (Fsp3) is 0.467. The summed E-state index contributed by atoms with van der Waals surface area (Å²) in [7, 11) is 1.63. The first kappa shape index (κ1) is 13.0. The fourth-order valence-electron chi connectivity index (χ4n) is 2.69. The number of likely N-dealkylation sites (tertiary alicyclic amines) is 1. The molecule has 1 fully saturated rings. The number of hydrogen-bond donors (Lipinski definition) is 0. The monoisotopic (exact) mass is 274 g/mol. The molecule has 1 aromatic carbocycles. The zero-order valence-electron chi connectivity index (χ0n) is 11.5. The van der Waals surface area contributed by atoms with E-state index in [1.165, 1.54) is 6.40 Å². The van der Waals surface area contributed by atoms with Crippen LogP contribution < -0.4 is 4.74 Å². The number of methoxy groups -OCH3 is 1. The Balaban J connectivity index is 1.76. The van der Waals surface area contributed by atoms with E-state index in [9.17, 15) is 4.79 Å². The van der Waals surface area contributed by atoms with Crippen LogP contribution in [0.1, 0.15) is 24.5 Å². The number of nitrogens with zero attached hydrogens (tertiary/aromatic N) is 2. The van der Waals surface area contributed by atoms with Gasteiger partial charge in [-0.05, 0) is 30.5 Å². The second-order valence-corrected chi connectivity index (χ2v) is 5.06. The minimum Gasteiger partial charge on any atom is -0.497 e. The van der Waals surface area contributed by atoms with Crippen molar-refractivity contribution in [3.05, 3.63) is 29.8 Å². The van der Waals surface area contributed by atoms with Gasteiger partial charge in [0.2, 0.25) is 0 Å². The Kier molecular flexibility index (Phi) is 3.58. The molecule has 5 nitrogen and oxygen atoms in total. The van der Waals surface area contributed by atoms with Crippen LogP contribution in [-0.2, 0) is 9.53 Å². The maximum atomic E-state index is 12.5. The number of amides is 1. The Morgan fingerprint density at radius 1 is 1.30 bits per heavy atom. The van der Waals surface area contributed by atoms with E-state index in [0.29, 0.717) is 0 Å². The number of carbonyl (C=O) groups excluding carboxylic acids is 1. The van der Waals surface area contributed by atoms with Gasteiger partial charge in [0.1, 0.15) is 5.75 Å². The Hall–Kier alpha value is -2.04. The molecule has 3 rings (SSSR count). The maximum absolute atomic E-state index is 12.5. The molecular formula is C15H18N2O3. The van der Waals surface area contributed by atoms with E-state index < -0.39 is 6.04 Å². The highest BCUT2D eigenvalue weighted by molar-refractivity contribution is 5.85. The predicted molar refractivity (Wildman–Crippen MR) is 74.9 cm³/mol. The lowest BCUT2D eigenvalue weighted by atomic mass is 10.0. The molecule has 2 aliphatic rings. The van der Waals surface area contributed by atoms with Crippen molar-refractivity contribution >= 4 is 12.3 Å². The summed E-state index contributed by atoms with van der Waals surface area (Å²) >= 11 is 0. The third-order valence-corrected chi connectivity index (χ3v) is 3.83. The topological polar surface area (TPSA) is 51.1 Å². The van der Waals surface area contributed by atoms with Crippen LogP contribution in [0.2, 0.25) is 0 Å². The minimum absolute atomic E-state index is 0.0667. The molecule has 2 unspecified atom stereocenters. The first-order valence-corrected chi connectivity index (χ1v) is 6.89. The van der Waals surface area contributed by atoms with E-state index in [0.717, 1.165) is 37.2 Å². The summed E-state index contributed by atoms with van der Waals surface area (Å²) in [5.41, 5.74) is 0.945. The summed E-state index contributed by atoms with van der Waals surface area (Å²) in [6.07, 6.45) is 3.23. The van der Waals surface area contributed by atoms with Crippen LogP contribution in [0.25, 0.3) is 0 Å². The van der Waals surface area contributed by atoms with Crippen molar-refractivity contribution in [1.29, 1.82) is 0 Å². The SMILES string of the molecule is COc1ccc(C2OC=NC2C(=O)N2CCCC2)cc1. The van der Waals surface area contributed by atoms with E-state index in [1.807, 2.05) is 29.2 Å². The van der Waals surface area contributed by atoms with Gasteiger partial charge in [-0.3, -0.25) is 4.79 Å². The molecular weight excluding hydrogens is 256 g/mol. The molecule has 0 saturated carbocycles. The van der Waals surface area contributed by atoms with Gasteiger partial charge in [-0.25, -0.2) is 4.99 Å². The molecule has 0 aliphatic carbocycles. The van der Waals surface area contributed by atoms with Gasteiger partial charge in [0.15, 0.2) is 18.5 Å². The summed E-state index contributed by atoms with van der Waals surface area (Å²) in [5.74, 6) is 0.854. The van der Waals surface area contributed by atoms with Gasteiger partial charge in [0, 0.05) is 13.1 Å². The summed E-state index contributed by atoms with van der Waals surface area (Å²) < 4.78 is 10.7. The van der Waals surface area contributed by atoms with Crippen molar-refractivity contribution in [2.75, 3.05) is 20.2 Å². The average Bonchev–Trinajstić information content (AvgIpc) is 3.18. The van der Waals surface area contributed by atoms with Gasteiger partial charge in [-0.2, -0.15) is 0 Å². The van der Waals surface area contributed by atoms with Gasteiger partial charge < -0.3 is 14.4 Å². The minimum atomic E-state index is -0.457. The van der Waals surface area contributed by atoms with E-state index in [-0.39, 0.29) is 12.0 Å². The van der Waals surface area contributed by atoms with Crippen LogP contribution in [0, 0.1) is 0 Å². The lowest BCUT2D eigenvalue weighted by molar-refractivity contribution is -0.133. The van der Waals surface area contributed by atoms with Crippen LogP contribution >= 0.6 is 0 Å². The van der Waals surface area contributed by atoms with Crippen molar-refractivity contribution in [3.8, 4) is 5.75 Å². The van der Waals surface area contributed by atoms with Crippen LogP contribution in [0.4, 0.5) is 0 Å². The van der Waals surface area contributed by atoms with Gasteiger partial charge in [-0.1, -0.05) is 12.1 Å². The normalized spacial score (nSPS) is 24.8. The lowest BCUT2D eigenvalue weighted by Gasteiger charge is -2.22. The second kappa shape index (κ2) is 5.53. The largest absolute Gasteiger partial charge is 0.497 e. The van der Waals surface area contributed by atoms with E-state index in [4.69, 9.17) is 9.47 Å². The van der Waals surface area contributed by atoms with Crippen molar-refractivity contribution < 1.29 is 14.3 Å². The summed E-state index contributed by atoms with van der Waals surface area (Å²) in [6, 6.07) is 7.12. The van der Waals surface area contributed by atoms with Crippen LogP contribution in [0.5, 0.6) is 5.75 Å². The fourth-order valence-corrected chi connectivity index (χ4v) is 2.69. The molecule has 106 valence electrons. The Labute approximate surface area is 118 Å². The van der Waals surface area contributed by atoms with Crippen LogP contribution in [0.3, 0.4) is 0 Å². The zero-order valence-corrected chi connectivity index (χ0v) is 11.5. The number of benzene rings is 1. The van der Waals surface area contributed by atoms with Crippen molar-refractivity contribution in [3.63, 3.8) is 0 Å². The molecule has 2 aliphatic heterocycles. The van der Waals surface area contributed by atoms with Gasteiger partial charge >= 0.3 is 0 Å². The summed E-state index contributed by atoms with van der Waals surface area (Å²) in [6.45, 7) is 1.67. The third-order valence-electron chi connectivity index (χ3n) is 3.83. The van der Waals surface area contributed by atoms with Crippen LogP contribution in [0.15, 0.2) is 29.3 Å². The van der Waals surface area contributed by atoms with Crippen molar-refractivity contribution in [2.24, 2.45) is 4.99 Å². The first-order valence-electron chi connectivity index (χ1n) is 6.89. The number of rotatable bonds is 3. The molecule has 0 spiro atoms. The highest BCUT2D eigenvalue weighted by Gasteiger charge is 2.37. The van der Waals surface area contributed by atoms with Gasteiger partial charge in [0.25, 0.3) is 5.91 Å². The molecule has 1 aromatic rings. The van der Waals surface area contributed by atoms with E-state index in [1.54, 1.807) is 7.11 Å². The highest BCUT2D eigenvalue weighted by atomic mass is 16.5. The molecule has 0 bridgehead atoms. The smallest absolute Gasteiger partial charge is 0.251 e. The molecule has 1 saturated heterocycles. The summed E-state index contributed by atoms with van der Waals surface area (Å²) in [5, 5.41) is 0. The number of ether oxygens (including phenoxy) is 2. The van der Waals surface area contributed by atoms with E-state index >= 15 is 0 Å². The number of hydrogen-bond acceptors (Lipinski definition) is 4. The molecule has 0 N–H and O–H groups in total. The lowest BCUT2D eigenvalue weighted by Crippen LogP contribution is -2.38. The molecule has 0 radical (unpaired) electrons. The zero-order chi connectivity index (χ0) is 13.9. The van der Waals surface area contributed by atoms with Gasteiger partial charge in [0.05, 0.1) is 7.11 Å². The molecule has 1 amide bonds.